The van der Waals surface area contributed by atoms with Gasteiger partial charge < -0.3 is 14.2 Å². The summed E-state index contributed by atoms with van der Waals surface area (Å²) in [5.74, 6) is -1.02. The Morgan fingerprint density at radius 2 is 1.33 bits per heavy atom. The summed E-state index contributed by atoms with van der Waals surface area (Å²) in [6, 6.07) is 6.01. The van der Waals surface area contributed by atoms with Crippen LogP contribution in [0.25, 0.3) is 10.8 Å². The van der Waals surface area contributed by atoms with Crippen LogP contribution in [-0.4, -0.2) is 24.7 Å². The summed E-state index contributed by atoms with van der Waals surface area (Å²) in [4.78, 5) is 35.3. The van der Waals surface area contributed by atoms with Crippen LogP contribution < -0.4 is 9.05 Å². The van der Waals surface area contributed by atoms with Crippen LogP contribution in [0.3, 0.4) is 0 Å². The van der Waals surface area contributed by atoms with Gasteiger partial charge in [-0.3, -0.25) is 19.6 Å². The van der Waals surface area contributed by atoms with E-state index in [0.29, 0.717) is 0 Å². The SMILES string of the molecule is O=P(O)(O)Oc1ccc(OP(=O)(O)O)c2c(O)cccc12. The fourth-order valence-electron chi connectivity index (χ4n) is 1.74. The van der Waals surface area contributed by atoms with Crippen LogP contribution in [0.1, 0.15) is 0 Å². The Labute approximate surface area is 117 Å². The minimum atomic E-state index is -4.87. The van der Waals surface area contributed by atoms with Crippen LogP contribution in [0.5, 0.6) is 17.2 Å². The maximum atomic E-state index is 10.9. The number of benzene rings is 2. The lowest BCUT2D eigenvalue weighted by Gasteiger charge is -2.14. The van der Waals surface area contributed by atoms with E-state index in [1.165, 1.54) is 18.2 Å². The van der Waals surface area contributed by atoms with E-state index in [4.69, 9.17) is 19.6 Å². The molecule has 5 N–H and O–H groups in total. The van der Waals surface area contributed by atoms with E-state index in [1.807, 2.05) is 0 Å². The fourth-order valence-corrected chi connectivity index (χ4v) is 2.56. The number of aromatic hydroxyl groups is 1. The molecular weight excluding hydrogens is 326 g/mol. The summed E-state index contributed by atoms with van der Waals surface area (Å²) in [5.41, 5.74) is 0. The average molecular weight is 336 g/mol. The molecule has 0 aliphatic carbocycles. The molecular formula is C10H10O9P2. The molecule has 21 heavy (non-hydrogen) atoms. The Kier molecular flexibility index (Phi) is 3.99. The van der Waals surface area contributed by atoms with E-state index in [1.54, 1.807) is 0 Å². The van der Waals surface area contributed by atoms with Crippen molar-refractivity contribution in [2.45, 2.75) is 0 Å². The van der Waals surface area contributed by atoms with E-state index < -0.39 is 21.4 Å². The number of phenols is 1. The van der Waals surface area contributed by atoms with Crippen LogP contribution in [0.15, 0.2) is 30.3 Å². The van der Waals surface area contributed by atoms with Crippen molar-refractivity contribution in [2.75, 3.05) is 0 Å². The van der Waals surface area contributed by atoms with Gasteiger partial charge in [0, 0.05) is 5.39 Å². The molecule has 0 unspecified atom stereocenters. The second kappa shape index (κ2) is 5.31. The fraction of sp³-hybridized carbons (Fsp3) is 0. The highest BCUT2D eigenvalue weighted by Crippen LogP contribution is 2.48. The molecule has 0 atom stereocenters. The topological polar surface area (TPSA) is 154 Å². The van der Waals surface area contributed by atoms with Crippen molar-refractivity contribution < 1.29 is 42.9 Å². The summed E-state index contributed by atoms with van der Waals surface area (Å²) >= 11 is 0. The number of fused-ring (bicyclic) bond motifs is 1. The second-order valence-corrected chi connectivity index (χ2v) is 6.25. The van der Waals surface area contributed by atoms with E-state index in [2.05, 4.69) is 9.05 Å². The lowest BCUT2D eigenvalue weighted by atomic mass is 10.1. The van der Waals surface area contributed by atoms with Crippen molar-refractivity contribution in [3.05, 3.63) is 30.3 Å². The van der Waals surface area contributed by atoms with Gasteiger partial charge in [-0.15, -0.1) is 0 Å². The highest BCUT2D eigenvalue weighted by atomic mass is 31.2. The minimum Gasteiger partial charge on any atom is -0.507 e. The smallest absolute Gasteiger partial charge is 0.507 e. The van der Waals surface area contributed by atoms with Gasteiger partial charge in [0.15, 0.2) is 0 Å². The largest absolute Gasteiger partial charge is 0.524 e. The van der Waals surface area contributed by atoms with E-state index in [9.17, 15) is 14.2 Å². The van der Waals surface area contributed by atoms with Gasteiger partial charge in [0.2, 0.25) is 0 Å². The van der Waals surface area contributed by atoms with Gasteiger partial charge in [-0.25, -0.2) is 9.13 Å². The number of phosphoric ester groups is 2. The molecule has 0 aliphatic heterocycles. The van der Waals surface area contributed by atoms with Gasteiger partial charge in [-0.1, -0.05) is 12.1 Å². The molecule has 0 fully saturated rings. The zero-order chi connectivity index (χ0) is 15.8. The van der Waals surface area contributed by atoms with Crippen molar-refractivity contribution in [3.8, 4) is 17.2 Å². The Morgan fingerprint density at radius 3 is 1.90 bits per heavy atom. The lowest BCUT2D eigenvalue weighted by Crippen LogP contribution is -1.95. The van der Waals surface area contributed by atoms with Crippen molar-refractivity contribution in [2.24, 2.45) is 0 Å². The summed E-state index contributed by atoms with van der Waals surface area (Å²) in [7, 11) is -9.71. The molecule has 11 heteroatoms. The minimum absolute atomic E-state index is 0.0178. The van der Waals surface area contributed by atoms with E-state index in [-0.39, 0.29) is 22.3 Å². The van der Waals surface area contributed by atoms with Crippen LogP contribution in [0, 0.1) is 0 Å². The predicted molar refractivity (Wildman–Crippen MR) is 71.0 cm³/mol. The van der Waals surface area contributed by atoms with Crippen molar-refractivity contribution >= 4 is 26.4 Å². The number of hydrogen-bond donors (Lipinski definition) is 5. The van der Waals surface area contributed by atoms with Crippen LogP contribution in [0.4, 0.5) is 0 Å². The zero-order valence-corrected chi connectivity index (χ0v) is 11.9. The van der Waals surface area contributed by atoms with Crippen LogP contribution in [0.2, 0.25) is 0 Å². The first-order valence-corrected chi connectivity index (χ1v) is 8.38. The van der Waals surface area contributed by atoms with Crippen molar-refractivity contribution in [1.29, 1.82) is 0 Å². The van der Waals surface area contributed by atoms with Crippen LogP contribution >= 0.6 is 15.6 Å². The molecule has 0 heterocycles. The lowest BCUT2D eigenvalue weighted by molar-refractivity contribution is 0.279. The third-order valence-corrected chi connectivity index (χ3v) is 3.24. The molecule has 2 rings (SSSR count). The van der Waals surface area contributed by atoms with Gasteiger partial charge in [0.25, 0.3) is 0 Å². The monoisotopic (exact) mass is 336 g/mol. The summed E-state index contributed by atoms with van der Waals surface area (Å²) in [6.07, 6.45) is 0. The maximum Gasteiger partial charge on any atom is 0.524 e. The number of rotatable bonds is 4. The van der Waals surface area contributed by atoms with E-state index in [0.717, 1.165) is 12.1 Å². The third-order valence-electron chi connectivity index (χ3n) is 2.37. The Bertz CT molecular complexity index is 775. The molecule has 2 aromatic carbocycles. The van der Waals surface area contributed by atoms with Crippen molar-refractivity contribution in [1.82, 2.24) is 0 Å². The average Bonchev–Trinajstić information content (AvgIpc) is 2.29. The Hall–Kier alpha value is -1.60. The summed E-state index contributed by atoms with van der Waals surface area (Å²) in [5, 5.41) is 9.66. The van der Waals surface area contributed by atoms with Crippen LogP contribution in [-0.2, 0) is 9.13 Å². The molecule has 0 aliphatic rings. The molecule has 0 radical (unpaired) electrons. The molecule has 0 spiro atoms. The molecule has 2 aromatic rings. The first-order chi connectivity index (χ1) is 9.57. The maximum absolute atomic E-state index is 10.9. The molecule has 0 saturated carbocycles. The Balaban J connectivity index is 2.68. The molecule has 0 saturated heterocycles. The highest BCUT2D eigenvalue weighted by Gasteiger charge is 2.23. The number of hydrogen-bond acceptors (Lipinski definition) is 5. The quantitative estimate of drug-likeness (QED) is 0.522. The number of phosphoric acid groups is 2. The highest BCUT2D eigenvalue weighted by molar-refractivity contribution is 7.47. The molecule has 0 aromatic heterocycles. The van der Waals surface area contributed by atoms with Gasteiger partial charge in [-0.05, 0) is 18.2 Å². The van der Waals surface area contributed by atoms with E-state index >= 15 is 0 Å². The summed E-state index contributed by atoms with van der Waals surface area (Å²) < 4.78 is 30.7. The van der Waals surface area contributed by atoms with Gasteiger partial charge >= 0.3 is 15.6 Å². The summed E-state index contributed by atoms with van der Waals surface area (Å²) in [6.45, 7) is 0. The van der Waals surface area contributed by atoms with Gasteiger partial charge in [-0.2, -0.15) is 0 Å². The number of phenolic OH excluding ortho intramolecular Hbond substituents is 1. The predicted octanol–water partition coefficient (Wildman–Crippen LogP) is 1.49. The van der Waals surface area contributed by atoms with Gasteiger partial charge in [0.05, 0.1) is 5.39 Å². The zero-order valence-electron chi connectivity index (χ0n) is 10.2. The third kappa shape index (κ3) is 3.95. The molecule has 9 nitrogen and oxygen atoms in total. The van der Waals surface area contributed by atoms with Crippen molar-refractivity contribution in [3.63, 3.8) is 0 Å². The molecule has 114 valence electrons. The first-order valence-electron chi connectivity index (χ1n) is 5.32. The molecule has 0 amide bonds. The normalized spacial score (nSPS) is 12.4. The molecule has 0 bridgehead atoms. The standard InChI is InChI=1S/C10H10O9P2/c11-7-3-1-2-6-8(18-20(12,13)14)4-5-9(10(6)7)19-21(15,16)17/h1-5,11H,(H2,12,13,14)(H2,15,16,17). The second-order valence-electron chi connectivity index (χ2n) is 3.93. The Morgan fingerprint density at radius 1 is 0.810 bits per heavy atom. The van der Waals surface area contributed by atoms with Gasteiger partial charge in [0.1, 0.15) is 17.2 Å². The first kappa shape index (κ1) is 15.8.